The number of ether oxygens (including phenoxy) is 2. The monoisotopic (exact) mass is 549 g/mol. The molecule has 2 rings (SSSR count). The lowest BCUT2D eigenvalue weighted by molar-refractivity contribution is 0.128. The summed E-state index contributed by atoms with van der Waals surface area (Å²) >= 11 is 3.49. The van der Waals surface area contributed by atoms with Gasteiger partial charge in [-0.25, -0.2) is 0 Å². The van der Waals surface area contributed by atoms with Gasteiger partial charge in [0, 0.05) is 35.6 Å². The molecule has 31 heavy (non-hydrogen) atoms. The molecule has 1 aromatic rings. The molecule has 0 radical (unpaired) electrons. The van der Waals surface area contributed by atoms with Crippen LogP contribution in [0.1, 0.15) is 5.56 Å². The molecule has 1 aliphatic heterocycles. The van der Waals surface area contributed by atoms with Crippen LogP contribution in [0.2, 0.25) is 0 Å². The number of benzene rings is 1. The zero-order valence-corrected chi connectivity index (χ0v) is 20.8. The van der Waals surface area contributed by atoms with Gasteiger partial charge in [-0.3, -0.25) is 9.11 Å². The predicted octanol–water partition coefficient (Wildman–Crippen LogP) is 0.525. The van der Waals surface area contributed by atoms with Gasteiger partial charge in [0.15, 0.2) is 11.5 Å². The highest BCUT2D eigenvalue weighted by atomic mass is 79.9. The maximum Gasteiger partial charge on any atom is 0.261 e. The summed E-state index contributed by atoms with van der Waals surface area (Å²) in [6, 6.07) is 3.72. The SMILES string of the molecule is COc1cc(Br)c(CO/N=C2\CNCC2CN)cc1OC.CS(=O)(=O)O.CS(=O)(=O)O. The molecular formula is C16H28BrN3O9S2. The van der Waals surface area contributed by atoms with E-state index in [-0.39, 0.29) is 5.92 Å². The second kappa shape index (κ2) is 13.8. The van der Waals surface area contributed by atoms with Crippen LogP contribution in [-0.2, 0) is 31.7 Å². The second-order valence-corrected chi connectivity index (χ2v) is 9.97. The first-order valence-electron chi connectivity index (χ1n) is 8.54. The quantitative estimate of drug-likeness (QED) is 0.286. The number of nitrogens with zero attached hydrogens (tertiary/aromatic N) is 1. The third kappa shape index (κ3) is 15.0. The summed E-state index contributed by atoms with van der Waals surface area (Å²) < 4.78 is 63.1. The fourth-order valence-electron chi connectivity index (χ4n) is 2.15. The van der Waals surface area contributed by atoms with Crippen LogP contribution in [0, 0.1) is 5.92 Å². The van der Waals surface area contributed by atoms with E-state index in [0.717, 1.165) is 28.8 Å². The maximum atomic E-state index is 9.19. The molecule has 1 aliphatic rings. The van der Waals surface area contributed by atoms with Crippen molar-refractivity contribution in [3.8, 4) is 11.5 Å². The molecule has 1 fully saturated rings. The van der Waals surface area contributed by atoms with Gasteiger partial charge in [0.2, 0.25) is 0 Å². The second-order valence-electron chi connectivity index (χ2n) is 6.18. The first-order valence-corrected chi connectivity index (χ1v) is 13.0. The average molecular weight is 550 g/mol. The van der Waals surface area contributed by atoms with Gasteiger partial charge in [0.25, 0.3) is 20.2 Å². The van der Waals surface area contributed by atoms with Crippen LogP contribution in [0.3, 0.4) is 0 Å². The Kier molecular flexibility index (Phi) is 13.2. The van der Waals surface area contributed by atoms with Crippen LogP contribution in [0.4, 0.5) is 0 Å². The minimum absolute atomic E-state index is 0.263. The number of oxime groups is 1. The minimum Gasteiger partial charge on any atom is -0.493 e. The Morgan fingerprint density at radius 1 is 1.13 bits per heavy atom. The highest BCUT2D eigenvalue weighted by molar-refractivity contribution is 9.10. The van der Waals surface area contributed by atoms with E-state index in [2.05, 4.69) is 26.4 Å². The molecule has 1 atom stereocenters. The molecule has 0 spiro atoms. The fourth-order valence-corrected chi connectivity index (χ4v) is 2.59. The Morgan fingerprint density at radius 2 is 1.61 bits per heavy atom. The summed E-state index contributed by atoms with van der Waals surface area (Å²) in [4.78, 5) is 5.46. The van der Waals surface area contributed by atoms with Crippen molar-refractivity contribution >= 4 is 41.9 Å². The number of hydrogen-bond donors (Lipinski definition) is 4. The summed E-state index contributed by atoms with van der Waals surface area (Å²) in [7, 11) is -4.13. The van der Waals surface area contributed by atoms with Gasteiger partial charge in [-0.2, -0.15) is 16.8 Å². The largest absolute Gasteiger partial charge is 0.493 e. The van der Waals surface area contributed by atoms with Crippen molar-refractivity contribution in [3.05, 3.63) is 22.2 Å². The van der Waals surface area contributed by atoms with Crippen LogP contribution in [-0.4, -0.2) is 78.0 Å². The molecule has 1 aromatic carbocycles. The average Bonchev–Trinajstić information content (AvgIpc) is 3.07. The van der Waals surface area contributed by atoms with Crippen molar-refractivity contribution in [2.75, 3.05) is 46.4 Å². The zero-order valence-electron chi connectivity index (χ0n) is 17.5. The first kappa shape index (κ1) is 29.5. The Hall–Kier alpha value is -1.49. The molecule has 5 N–H and O–H groups in total. The molecule has 0 amide bonds. The van der Waals surface area contributed by atoms with Crippen molar-refractivity contribution in [2.45, 2.75) is 6.61 Å². The molecule has 1 saturated heterocycles. The Morgan fingerprint density at radius 3 is 2.06 bits per heavy atom. The molecular weight excluding hydrogens is 522 g/mol. The molecule has 0 aromatic heterocycles. The molecule has 180 valence electrons. The standard InChI is InChI=1S/C14H20BrN3O3.2CH4O3S/c1-19-13-3-9(11(15)4-14(13)20-2)8-21-18-12-7-17-6-10(12)5-16;2*1-5(2,3)4/h3-4,10,17H,5-8,16H2,1-2H3;2*1H3,(H,2,3,4)/b18-12+;;. The van der Waals surface area contributed by atoms with Crippen LogP contribution >= 0.6 is 15.9 Å². The van der Waals surface area contributed by atoms with E-state index in [1.54, 1.807) is 14.2 Å². The highest BCUT2D eigenvalue weighted by Gasteiger charge is 2.21. The Balaban J connectivity index is 0.000000752. The summed E-state index contributed by atoms with van der Waals surface area (Å²) in [6.07, 6.45) is 1.43. The lowest BCUT2D eigenvalue weighted by Gasteiger charge is -2.11. The van der Waals surface area contributed by atoms with E-state index in [9.17, 15) is 16.8 Å². The van der Waals surface area contributed by atoms with Crippen LogP contribution in [0.15, 0.2) is 21.8 Å². The number of hydrogen-bond acceptors (Lipinski definition) is 10. The zero-order chi connectivity index (χ0) is 24.2. The van der Waals surface area contributed by atoms with Crippen LogP contribution < -0.4 is 20.5 Å². The van der Waals surface area contributed by atoms with E-state index in [1.807, 2.05) is 12.1 Å². The van der Waals surface area contributed by atoms with Crippen molar-refractivity contribution in [1.29, 1.82) is 0 Å². The Bertz CT molecular complexity index is 892. The van der Waals surface area contributed by atoms with Gasteiger partial charge in [-0.15, -0.1) is 0 Å². The first-order chi connectivity index (χ1) is 14.2. The summed E-state index contributed by atoms with van der Waals surface area (Å²) in [5.74, 6) is 1.59. The van der Waals surface area contributed by atoms with Crippen molar-refractivity contribution < 1.29 is 40.3 Å². The number of nitrogens with one attached hydrogen (secondary N) is 1. The van der Waals surface area contributed by atoms with E-state index in [0.29, 0.717) is 37.2 Å². The number of halogens is 1. The van der Waals surface area contributed by atoms with Gasteiger partial charge in [0.1, 0.15) is 6.61 Å². The maximum absolute atomic E-state index is 9.19. The molecule has 15 heteroatoms. The van der Waals surface area contributed by atoms with Gasteiger partial charge >= 0.3 is 0 Å². The molecule has 0 bridgehead atoms. The summed E-state index contributed by atoms with van der Waals surface area (Å²) in [6.45, 7) is 2.52. The Labute approximate surface area is 190 Å². The van der Waals surface area contributed by atoms with Crippen molar-refractivity contribution in [2.24, 2.45) is 16.8 Å². The van der Waals surface area contributed by atoms with Crippen molar-refractivity contribution in [1.82, 2.24) is 5.32 Å². The van der Waals surface area contributed by atoms with Crippen LogP contribution in [0.25, 0.3) is 0 Å². The van der Waals surface area contributed by atoms with Crippen molar-refractivity contribution in [3.63, 3.8) is 0 Å². The van der Waals surface area contributed by atoms with Gasteiger partial charge in [-0.1, -0.05) is 21.1 Å². The lowest BCUT2D eigenvalue weighted by atomic mass is 10.1. The molecule has 1 unspecified atom stereocenters. The minimum atomic E-state index is -3.67. The molecule has 0 saturated carbocycles. The fraction of sp³-hybridized carbons (Fsp3) is 0.562. The highest BCUT2D eigenvalue weighted by Crippen LogP contribution is 2.33. The molecule has 1 heterocycles. The smallest absolute Gasteiger partial charge is 0.261 e. The van der Waals surface area contributed by atoms with E-state index in [1.165, 1.54) is 0 Å². The van der Waals surface area contributed by atoms with Gasteiger partial charge in [0.05, 0.1) is 32.4 Å². The molecule has 0 aliphatic carbocycles. The third-order valence-electron chi connectivity index (χ3n) is 3.41. The topological polar surface area (TPSA) is 187 Å². The number of nitrogens with two attached hydrogens (primary N) is 1. The predicted molar refractivity (Wildman–Crippen MR) is 120 cm³/mol. The molecule has 12 nitrogen and oxygen atoms in total. The van der Waals surface area contributed by atoms with E-state index < -0.39 is 20.2 Å². The normalized spacial score (nSPS) is 17.2. The van der Waals surface area contributed by atoms with Gasteiger partial charge < -0.3 is 25.4 Å². The summed E-state index contributed by atoms with van der Waals surface area (Å²) in [5, 5.41) is 7.42. The summed E-state index contributed by atoms with van der Waals surface area (Å²) in [5.41, 5.74) is 7.59. The van der Waals surface area contributed by atoms with Gasteiger partial charge in [-0.05, 0) is 12.1 Å². The van der Waals surface area contributed by atoms with E-state index >= 15 is 0 Å². The number of rotatable bonds is 6. The van der Waals surface area contributed by atoms with E-state index in [4.69, 9.17) is 29.2 Å². The van der Waals surface area contributed by atoms with Crippen LogP contribution in [0.5, 0.6) is 11.5 Å². The lowest BCUT2D eigenvalue weighted by Crippen LogP contribution is -2.22. The third-order valence-corrected chi connectivity index (χ3v) is 4.15. The number of methoxy groups -OCH3 is 2.